The molecule has 11 heavy (non-hydrogen) atoms. The van der Waals surface area contributed by atoms with Gasteiger partial charge in [0, 0.05) is 6.04 Å². The Balaban J connectivity index is 3.97. The van der Waals surface area contributed by atoms with Crippen LogP contribution in [0.3, 0.4) is 0 Å². The molecule has 1 nitrogen and oxygen atoms in total. The first-order valence-corrected chi connectivity index (χ1v) is 4.36. The molecule has 1 heteroatoms. The lowest BCUT2D eigenvalue weighted by molar-refractivity contribution is 0.273. The normalized spacial score (nSPS) is 14.5. The summed E-state index contributed by atoms with van der Waals surface area (Å²) in [5, 5.41) is 3.45. The summed E-state index contributed by atoms with van der Waals surface area (Å²) in [5.74, 6) is 0. The molecule has 0 aromatic rings. The molecule has 0 radical (unpaired) electrons. The van der Waals surface area contributed by atoms with Gasteiger partial charge in [0.25, 0.3) is 0 Å². The van der Waals surface area contributed by atoms with Gasteiger partial charge in [-0.2, -0.15) is 0 Å². The van der Waals surface area contributed by atoms with Gasteiger partial charge in [-0.15, -0.1) is 6.58 Å². The van der Waals surface area contributed by atoms with Crippen LogP contribution in [0, 0.1) is 5.41 Å². The molecule has 0 aliphatic heterocycles. The summed E-state index contributed by atoms with van der Waals surface area (Å²) in [7, 11) is 0. The Bertz CT molecular complexity index is 111. The van der Waals surface area contributed by atoms with Crippen molar-refractivity contribution in [3.8, 4) is 0 Å². The van der Waals surface area contributed by atoms with Crippen molar-refractivity contribution in [2.45, 2.75) is 40.2 Å². The Hall–Kier alpha value is -0.300. The standard InChI is InChI=1S/C10H21N/c1-6-8-9(11-7-2)10(3,4)5/h6,9,11H,1,7-8H2,2-5H3. The molecule has 0 aliphatic carbocycles. The van der Waals surface area contributed by atoms with Gasteiger partial charge in [0.05, 0.1) is 0 Å². The highest BCUT2D eigenvalue weighted by Gasteiger charge is 2.21. The summed E-state index contributed by atoms with van der Waals surface area (Å²) in [4.78, 5) is 0. The average molecular weight is 155 g/mol. The van der Waals surface area contributed by atoms with Gasteiger partial charge in [-0.25, -0.2) is 0 Å². The van der Waals surface area contributed by atoms with Crippen molar-refractivity contribution in [3.05, 3.63) is 12.7 Å². The van der Waals surface area contributed by atoms with Crippen molar-refractivity contribution in [1.29, 1.82) is 0 Å². The van der Waals surface area contributed by atoms with Crippen molar-refractivity contribution < 1.29 is 0 Å². The lowest BCUT2D eigenvalue weighted by atomic mass is 9.85. The van der Waals surface area contributed by atoms with Gasteiger partial charge >= 0.3 is 0 Å². The van der Waals surface area contributed by atoms with E-state index in [1.165, 1.54) is 0 Å². The molecular formula is C10H21N. The van der Waals surface area contributed by atoms with E-state index in [9.17, 15) is 0 Å². The number of hydrogen-bond donors (Lipinski definition) is 1. The zero-order chi connectivity index (χ0) is 8.91. The molecule has 66 valence electrons. The quantitative estimate of drug-likeness (QED) is 0.615. The van der Waals surface area contributed by atoms with Crippen LogP contribution in [0.25, 0.3) is 0 Å². The van der Waals surface area contributed by atoms with Crippen LogP contribution in [0.1, 0.15) is 34.1 Å². The van der Waals surface area contributed by atoms with Crippen LogP contribution in [0.5, 0.6) is 0 Å². The largest absolute Gasteiger partial charge is 0.313 e. The van der Waals surface area contributed by atoms with Gasteiger partial charge in [0.1, 0.15) is 0 Å². The fraction of sp³-hybridized carbons (Fsp3) is 0.800. The van der Waals surface area contributed by atoms with Crippen LogP contribution < -0.4 is 5.32 Å². The van der Waals surface area contributed by atoms with Crippen molar-refractivity contribution >= 4 is 0 Å². The third kappa shape index (κ3) is 4.20. The second kappa shape index (κ2) is 4.55. The Morgan fingerprint density at radius 1 is 1.45 bits per heavy atom. The monoisotopic (exact) mass is 155 g/mol. The molecule has 0 fully saturated rings. The van der Waals surface area contributed by atoms with Gasteiger partial charge in [0.15, 0.2) is 0 Å². The Morgan fingerprint density at radius 3 is 2.27 bits per heavy atom. The van der Waals surface area contributed by atoms with Crippen LogP contribution in [-0.4, -0.2) is 12.6 Å². The van der Waals surface area contributed by atoms with Crippen LogP contribution >= 0.6 is 0 Å². The average Bonchev–Trinajstić information content (AvgIpc) is 1.85. The topological polar surface area (TPSA) is 12.0 Å². The molecule has 1 unspecified atom stereocenters. The van der Waals surface area contributed by atoms with E-state index in [2.05, 4.69) is 39.6 Å². The summed E-state index contributed by atoms with van der Waals surface area (Å²) in [6.45, 7) is 13.7. The zero-order valence-corrected chi connectivity index (χ0v) is 8.28. The molecule has 0 amide bonds. The van der Waals surface area contributed by atoms with E-state index < -0.39 is 0 Å². The molecule has 0 aliphatic rings. The maximum atomic E-state index is 3.76. The van der Waals surface area contributed by atoms with Gasteiger partial charge in [-0.1, -0.05) is 33.8 Å². The van der Waals surface area contributed by atoms with Crippen molar-refractivity contribution in [2.24, 2.45) is 5.41 Å². The van der Waals surface area contributed by atoms with E-state index in [-0.39, 0.29) is 0 Å². The molecule has 0 aromatic heterocycles. The first-order valence-electron chi connectivity index (χ1n) is 4.36. The maximum Gasteiger partial charge on any atom is 0.0150 e. The van der Waals surface area contributed by atoms with Gasteiger partial charge in [-0.3, -0.25) is 0 Å². The zero-order valence-electron chi connectivity index (χ0n) is 8.28. The minimum Gasteiger partial charge on any atom is -0.313 e. The van der Waals surface area contributed by atoms with Crippen LogP contribution in [0.4, 0.5) is 0 Å². The van der Waals surface area contributed by atoms with E-state index in [0.717, 1.165) is 13.0 Å². The fourth-order valence-electron chi connectivity index (χ4n) is 1.16. The van der Waals surface area contributed by atoms with Gasteiger partial charge < -0.3 is 5.32 Å². The smallest absolute Gasteiger partial charge is 0.0150 e. The number of nitrogens with one attached hydrogen (secondary N) is 1. The molecule has 0 spiro atoms. The summed E-state index contributed by atoms with van der Waals surface area (Å²) >= 11 is 0. The van der Waals surface area contributed by atoms with Crippen molar-refractivity contribution in [1.82, 2.24) is 5.32 Å². The van der Waals surface area contributed by atoms with E-state index in [1.807, 2.05) is 6.08 Å². The van der Waals surface area contributed by atoms with E-state index in [4.69, 9.17) is 0 Å². The van der Waals surface area contributed by atoms with Gasteiger partial charge in [-0.05, 0) is 18.4 Å². The molecule has 0 aromatic carbocycles. The lowest BCUT2D eigenvalue weighted by Crippen LogP contribution is -2.39. The highest BCUT2D eigenvalue weighted by atomic mass is 14.9. The van der Waals surface area contributed by atoms with E-state index in [1.54, 1.807) is 0 Å². The first kappa shape index (κ1) is 10.7. The summed E-state index contributed by atoms with van der Waals surface area (Å²) in [6.07, 6.45) is 3.04. The Morgan fingerprint density at radius 2 is 2.00 bits per heavy atom. The molecule has 0 saturated carbocycles. The predicted molar refractivity (Wildman–Crippen MR) is 51.7 cm³/mol. The molecular weight excluding hydrogens is 134 g/mol. The SMILES string of the molecule is C=CCC(NCC)C(C)(C)C. The van der Waals surface area contributed by atoms with Gasteiger partial charge in [0.2, 0.25) is 0 Å². The molecule has 0 bridgehead atoms. The summed E-state index contributed by atoms with van der Waals surface area (Å²) in [6, 6.07) is 0.560. The molecule has 0 saturated heterocycles. The number of rotatable bonds is 4. The minimum atomic E-state index is 0.338. The van der Waals surface area contributed by atoms with Crippen LogP contribution in [0.2, 0.25) is 0 Å². The van der Waals surface area contributed by atoms with E-state index >= 15 is 0 Å². The number of hydrogen-bond acceptors (Lipinski definition) is 1. The lowest BCUT2D eigenvalue weighted by Gasteiger charge is -2.30. The summed E-state index contributed by atoms with van der Waals surface area (Å²) in [5.41, 5.74) is 0.338. The molecule has 1 N–H and O–H groups in total. The maximum absolute atomic E-state index is 3.76. The van der Waals surface area contributed by atoms with Crippen LogP contribution in [-0.2, 0) is 0 Å². The second-order valence-corrected chi connectivity index (χ2v) is 4.00. The molecule has 0 rings (SSSR count). The second-order valence-electron chi connectivity index (χ2n) is 4.00. The van der Waals surface area contributed by atoms with E-state index in [0.29, 0.717) is 11.5 Å². The fourth-order valence-corrected chi connectivity index (χ4v) is 1.16. The van der Waals surface area contributed by atoms with Crippen molar-refractivity contribution in [2.75, 3.05) is 6.54 Å². The Labute approximate surface area is 70.9 Å². The molecule has 1 atom stereocenters. The third-order valence-corrected chi connectivity index (χ3v) is 1.90. The van der Waals surface area contributed by atoms with Crippen molar-refractivity contribution in [3.63, 3.8) is 0 Å². The molecule has 0 heterocycles. The van der Waals surface area contributed by atoms with Crippen LogP contribution in [0.15, 0.2) is 12.7 Å². The summed E-state index contributed by atoms with van der Waals surface area (Å²) < 4.78 is 0. The first-order chi connectivity index (χ1) is 5.02. The minimum absolute atomic E-state index is 0.338. The third-order valence-electron chi connectivity index (χ3n) is 1.90. The highest BCUT2D eigenvalue weighted by molar-refractivity contribution is 4.86. The predicted octanol–water partition coefficient (Wildman–Crippen LogP) is 2.59. The highest BCUT2D eigenvalue weighted by Crippen LogP contribution is 2.21. The Kier molecular flexibility index (Phi) is 4.43.